The summed E-state index contributed by atoms with van der Waals surface area (Å²) in [6.07, 6.45) is 0.648. The van der Waals surface area contributed by atoms with Gasteiger partial charge in [-0.2, -0.15) is 4.31 Å². The fourth-order valence-electron chi connectivity index (χ4n) is 2.74. The number of aryl methyl sites for hydroxylation is 1. The normalized spacial score (nSPS) is 22.5. The molecule has 0 aromatic heterocycles. The molecule has 1 unspecified atom stereocenters. The molecule has 1 aliphatic heterocycles. The first kappa shape index (κ1) is 17.5. The molecule has 0 amide bonds. The molecule has 22 heavy (non-hydrogen) atoms. The molecule has 0 aliphatic carbocycles. The molecule has 2 N–H and O–H groups in total. The Hall–Kier alpha value is -0.820. The molecule has 0 saturated carbocycles. The molecular formula is C15H23ClN2O3S. The first-order valence-corrected chi connectivity index (χ1v) is 9.01. The molecule has 0 bridgehead atoms. The van der Waals surface area contributed by atoms with Gasteiger partial charge in [0.1, 0.15) is 5.75 Å². The van der Waals surface area contributed by atoms with Gasteiger partial charge in [0, 0.05) is 19.1 Å². The molecule has 2 rings (SSSR count). The summed E-state index contributed by atoms with van der Waals surface area (Å²) in [5.74, 6) is 0.471. The summed E-state index contributed by atoms with van der Waals surface area (Å²) < 4.78 is 32.5. The number of sulfonamides is 1. The quantitative estimate of drug-likeness (QED) is 0.912. The summed E-state index contributed by atoms with van der Waals surface area (Å²) in [6.45, 7) is 6.56. The van der Waals surface area contributed by atoms with E-state index in [1.54, 1.807) is 13.0 Å². The summed E-state index contributed by atoms with van der Waals surface area (Å²) in [5.41, 5.74) is 6.45. The SMILES string of the molecule is COc1cc(C)c(S(=O)(=O)N2CCC(N)C(C)(C)C2)cc1Cl. The maximum absolute atomic E-state index is 12.9. The fourth-order valence-corrected chi connectivity index (χ4v) is 4.90. The van der Waals surface area contributed by atoms with Crippen molar-refractivity contribution in [1.29, 1.82) is 0 Å². The molecule has 1 fully saturated rings. The standard InChI is InChI=1S/C15H23ClN2O3S/c1-10-7-12(21-4)11(16)8-13(10)22(19,20)18-6-5-14(17)15(2,3)9-18/h7-8,14H,5-6,9,17H2,1-4H3. The van der Waals surface area contributed by atoms with Gasteiger partial charge in [-0.05, 0) is 36.5 Å². The van der Waals surface area contributed by atoms with E-state index in [1.807, 2.05) is 13.8 Å². The van der Waals surface area contributed by atoms with Crippen molar-refractivity contribution in [2.75, 3.05) is 20.2 Å². The zero-order valence-electron chi connectivity index (χ0n) is 13.4. The van der Waals surface area contributed by atoms with Crippen molar-refractivity contribution in [1.82, 2.24) is 4.31 Å². The fraction of sp³-hybridized carbons (Fsp3) is 0.600. The van der Waals surface area contributed by atoms with E-state index in [0.717, 1.165) is 0 Å². The van der Waals surface area contributed by atoms with Crippen molar-refractivity contribution in [2.24, 2.45) is 11.1 Å². The number of nitrogens with zero attached hydrogens (tertiary/aromatic N) is 1. The van der Waals surface area contributed by atoms with Crippen molar-refractivity contribution in [2.45, 2.75) is 38.1 Å². The second-order valence-corrected chi connectivity index (χ2v) is 8.79. The minimum absolute atomic E-state index is 0.000461. The number of hydrogen-bond donors (Lipinski definition) is 1. The molecule has 1 aliphatic rings. The molecular weight excluding hydrogens is 324 g/mol. The van der Waals surface area contributed by atoms with Crippen LogP contribution in [0.2, 0.25) is 5.02 Å². The van der Waals surface area contributed by atoms with Crippen molar-refractivity contribution < 1.29 is 13.2 Å². The number of rotatable bonds is 3. The third-order valence-corrected chi connectivity index (χ3v) is 6.63. The Balaban J connectivity index is 2.41. The molecule has 0 spiro atoms. The van der Waals surface area contributed by atoms with Gasteiger partial charge in [-0.25, -0.2) is 8.42 Å². The number of halogens is 1. The highest BCUT2D eigenvalue weighted by Gasteiger charge is 2.39. The Bertz CT molecular complexity index is 674. The van der Waals surface area contributed by atoms with Gasteiger partial charge in [-0.3, -0.25) is 0 Å². The average molecular weight is 347 g/mol. The van der Waals surface area contributed by atoms with E-state index in [-0.39, 0.29) is 16.4 Å². The Labute approximate surface area is 137 Å². The zero-order valence-corrected chi connectivity index (χ0v) is 15.0. The number of methoxy groups -OCH3 is 1. The van der Waals surface area contributed by atoms with Gasteiger partial charge in [-0.15, -0.1) is 0 Å². The van der Waals surface area contributed by atoms with E-state index in [0.29, 0.717) is 35.8 Å². The molecule has 1 aromatic rings. The molecule has 1 atom stereocenters. The third kappa shape index (κ3) is 3.11. The molecule has 124 valence electrons. The van der Waals surface area contributed by atoms with Gasteiger partial charge in [0.2, 0.25) is 10.0 Å². The Morgan fingerprint density at radius 3 is 2.59 bits per heavy atom. The Morgan fingerprint density at radius 2 is 2.05 bits per heavy atom. The molecule has 0 radical (unpaired) electrons. The number of benzene rings is 1. The second kappa shape index (κ2) is 6.00. The maximum Gasteiger partial charge on any atom is 0.243 e. The highest BCUT2D eigenvalue weighted by molar-refractivity contribution is 7.89. The lowest BCUT2D eigenvalue weighted by atomic mass is 9.81. The lowest BCUT2D eigenvalue weighted by Crippen LogP contribution is -2.53. The van der Waals surface area contributed by atoms with Gasteiger partial charge in [-0.1, -0.05) is 25.4 Å². The smallest absolute Gasteiger partial charge is 0.243 e. The van der Waals surface area contributed by atoms with Crippen LogP contribution < -0.4 is 10.5 Å². The Kier molecular flexibility index (Phi) is 4.78. The third-order valence-electron chi connectivity index (χ3n) is 4.34. The Morgan fingerprint density at radius 1 is 1.41 bits per heavy atom. The predicted octanol–water partition coefficient (Wildman–Crippen LogP) is 2.40. The van der Waals surface area contributed by atoms with Crippen molar-refractivity contribution >= 4 is 21.6 Å². The minimum atomic E-state index is -3.60. The van der Waals surface area contributed by atoms with Gasteiger partial charge in [0.15, 0.2) is 0 Å². The second-order valence-electron chi connectivity index (χ2n) is 6.47. The van der Waals surface area contributed by atoms with Crippen molar-refractivity contribution in [3.05, 3.63) is 22.7 Å². The molecule has 5 nitrogen and oxygen atoms in total. The highest BCUT2D eigenvalue weighted by Crippen LogP contribution is 2.35. The zero-order chi connectivity index (χ0) is 16.7. The van der Waals surface area contributed by atoms with Crippen molar-refractivity contribution in [3.8, 4) is 5.75 Å². The van der Waals surface area contributed by atoms with Crippen molar-refractivity contribution in [3.63, 3.8) is 0 Å². The highest BCUT2D eigenvalue weighted by atomic mass is 35.5. The number of nitrogens with two attached hydrogens (primary N) is 1. The van der Waals surface area contributed by atoms with E-state index in [4.69, 9.17) is 22.1 Å². The van der Waals surface area contributed by atoms with Gasteiger partial charge in [0.05, 0.1) is 17.0 Å². The monoisotopic (exact) mass is 346 g/mol. The average Bonchev–Trinajstić information content (AvgIpc) is 2.43. The summed E-state index contributed by atoms with van der Waals surface area (Å²) >= 11 is 6.10. The van der Waals surface area contributed by atoms with Crippen LogP contribution in [0.1, 0.15) is 25.8 Å². The van der Waals surface area contributed by atoms with Crippen LogP contribution >= 0.6 is 11.6 Å². The lowest BCUT2D eigenvalue weighted by Gasteiger charge is -2.41. The van der Waals surface area contributed by atoms with Gasteiger partial charge < -0.3 is 10.5 Å². The van der Waals surface area contributed by atoms with Crippen LogP contribution in [0.3, 0.4) is 0 Å². The molecule has 1 heterocycles. The van der Waals surface area contributed by atoms with Gasteiger partial charge in [0.25, 0.3) is 0 Å². The van der Waals surface area contributed by atoms with Crippen LogP contribution in [0.5, 0.6) is 5.75 Å². The van der Waals surface area contributed by atoms with E-state index in [1.165, 1.54) is 17.5 Å². The summed E-state index contributed by atoms with van der Waals surface area (Å²) in [7, 11) is -2.09. The number of ether oxygens (including phenoxy) is 1. The molecule has 1 aromatic carbocycles. The van der Waals surface area contributed by atoms with Crippen LogP contribution in [0.15, 0.2) is 17.0 Å². The summed E-state index contributed by atoms with van der Waals surface area (Å²) in [6, 6.07) is 3.11. The van der Waals surface area contributed by atoms with E-state index in [9.17, 15) is 8.42 Å². The topological polar surface area (TPSA) is 72.6 Å². The first-order valence-electron chi connectivity index (χ1n) is 7.19. The van der Waals surface area contributed by atoms with Crippen LogP contribution in [0.25, 0.3) is 0 Å². The van der Waals surface area contributed by atoms with Gasteiger partial charge >= 0.3 is 0 Å². The van der Waals surface area contributed by atoms with Crippen LogP contribution in [-0.2, 0) is 10.0 Å². The lowest BCUT2D eigenvalue weighted by molar-refractivity contribution is 0.155. The largest absolute Gasteiger partial charge is 0.495 e. The van der Waals surface area contributed by atoms with Crippen LogP contribution in [-0.4, -0.2) is 39.0 Å². The summed E-state index contributed by atoms with van der Waals surface area (Å²) in [5, 5.41) is 0.291. The van der Waals surface area contributed by atoms with E-state index < -0.39 is 10.0 Å². The van der Waals surface area contributed by atoms with E-state index >= 15 is 0 Å². The first-order chi connectivity index (χ1) is 10.1. The summed E-state index contributed by atoms with van der Waals surface area (Å²) in [4.78, 5) is 0.226. The van der Waals surface area contributed by atoms with E-state index in [2.05, 4.69) is 0 Å². The number of hydrogen-bond acceptors (Lipinski definition) is 4. The predicted molar refractivity (Wildman–Crippen MR) is 87.9 cm³/mol. The number of piperidine rings is 1. The molecule has 7 heteroatoms. The van der Waals surface area contributed by atoms with Crippen LogP contribution in [0.4, 0.5) is 0 Å². The maximum atomic E-state index is 12.9. The minimum Gasteiger partial charge on any atom is -0.495 e. The van der Waals surface area contributed by atoms with Crippen LogP contribution in [0, 0.1) is 12.3 Å². The molecule has 1 saturated heterocycles.